The normalized spacial score (nSPS) is 17.3. The van der Waals surface area contributed by atoms with E-state index in [9.17, 15) is 14.7 Å². The summed E-state index contributed by atoms with van der Waals surface area (Å²) in [7, 11) is 1.54. The summed E-state index contributed by atoms with van der Waals surface area (Å²) in [5, 5.41) is 11.3. The summed E-state index contributed by atoms with van der Waals surface area (Å²) in [4.78, 5) is 27.6. The van der Waals surface area contributed by atoms with Crippen molar-refractivity contribution in [1.29, 1.82) is 0 Å². The van der Waals surface area contributed by atoms with Gasteiger partial charge in [-0.05, 0) is 60.7 Å². The average Bonchev–Trinajstić information content (AvgIpc) is 3.09. The summed E-state index contributed by atoms with van der Waals surface area (Å²) in [6, 6.07) is 11.8. The molecule has 1 fully saturated rings. The Morgan fingerprint density at radius 3 is 2.51 bits per heavy atom. The van der Waals surface area contributed by atoms with E-state index >= 15 is 0 Å². The van der Waals surface area contributed by atoms with Crippen LogP contribution in [0.15, 0.2) is 48.0 Å². The van der Waals surface area contributed by atoms with Gasteiger partial charge in [-0.3, -0.25) is 9.59 Å². The van der Waals surface area contributed by atoms with Crippen LogP contribution in [0, 0.1) is 12.8 Å². The number of hydrogen-bond donors (Lipinski definition) is 1. The molecule has 7 heteroatoms. The van der Waals surface area contributed by atoms with Gasteiger partial charge < -0.3 is 24.2 Å². The molecule has 0 spiro atoms. The number of nitrogens with zero attached hydrogens (tertiary/aromatic N) is 1. The average molecular weight is 482 g/mol. The molecule has 0 radical (unpaired) electrons. The highest BCUT2D eigenvalue weighted by Crippen LogP contribution is 2.40. The van der Waals surface area contributed by atoms with Gasteiger partial charge in [0.05, 0.1) is 31.4 Å². The number of rotatable bonds is 11. The first kappa shape index (κ1) is 26.3. The van der Waals surface area contributed by atoms with Gasteiger partial charge in [0.15, 0.2) is 0 Å². The van der Waals surface area contributed by atoms with Crippen molar-refractivity contribution in [1.82, 2.24) is 4.90 Å². The fraction of sp³-hybridized carbons (Fsp3) is 0.429. The van der Waals surface area contributed by atoms with Crippen molar-refractivity contribution in [2.24, 2.45) is 5.92 Å². The van der Waals surface area contributed by atoms with Gasteiger partial charge in [-0.15, -0.1) is 0 Å². The van der Waals surface area contributed by atoms with E-state index < -0.39 is 17.7 Å². The van der Waals surface area contributed by atoms with Crippen LogP contribution >= 0.6 is 0 Å². The maximum absolute atomic E-state index is 13.2. The second kappa shape index (κ2) is 11.9. The molecule has 35 heavy (non-hydrogen) atoms. The van der Waals surface area contributed by atoms with E-state index in [4.69, 9.17) is 14.2 Å². The van der Waals surface area contributed by atoms with E-state index in [1.54, 1.807) is 18.2 Å². The number of likely N-dealkylation sites (tertiary alicyclic amines) is 1. The molecule has 188 valence electrons. The minimum absolute atomic E-state index is 0.0500. The van der Waals surface area contributed by atoms with Gasteiger partial charge in [0.1, 0.15) is 17.3 Å². The zero-order valence-electron chi connectivity index (χ0n) is 21.2. The molecular formula is C28H35NO6. The molecule has 0 aliphatic carbocycles. The number of benzene rings is 2. The number of aliphatic hydroxyl groups excluding tert-OH is 1. The SMILES string of the molecule is CCCOc1cccc(C2/C(=C(\O)c3ccc(OCC(C)C)c(C)c3)C(=O)C(=O)N2CCOC)c1. The Balaban J connectivity index is 2.07. The summed E-state index contributed by atoms with van der Waals surface area (Å²) in [6.07, 6.45) is 0.854. The van der Waals surface area contributed by atoms with Gasteiger partial charge in [-0.2, -0.15) is 0 Å². The van der Waals surface area contributed by atoms with Crippen LogP contribution in [0.3, 0.4) is 0 Å². The number of aliphatic hydroxyl groups is 1. The van der Waals surface area contributed by atoms with Crippen molar-refractivity contribution in [3.8, 4) is 11.5 Å². The quantitative estimate of drug-likeness (QED) is 0.280. The van der Waals surface area contributed by atoms with E-state index in [1.165, 1.54) is 12.0 Å². The molecule has 1 heterocycles. The van der Waals surface area contributed by atoms with E-state index in [-0.39, 0.29) is 24.5 Å². The van der Waals surface area contributed by atoms with Gasteiger partial charge in [-0.25, -0.2) is 0 Å². The Kier molecular flexibility index (Phi) is 8.93. The molecule has 0 saturated carbocycles. The molecule has 1 aliphatic heterocycles. The van der Waals surface area contributed by atoms with Gasteiger partial charge in [0, 0.05) is 19.2 Å². The first-order valence-electron chi connectivity index (χ1n) is 12.0. The number of ether oxygens (including phenoxy) is 3. The fourth-order valence-corrected chi connectivity index (χ4v) is 4.01. The Morgan fingerprint density at radius 1 is 1.09 bits per heavy atom. The summed E-state index contributed by atoms with van der Waals surface area (Å²) < 4.78 is 16.8. The topological polar surface area (TPSA) is 85.3 Å². The first-order valence-corrected chi connectivity index (χ1v) is 12.0. The summed E-state index contributed by atoms with van der Waals surface area (Å²) >= 11 is 0. The number of ketones is 1. The van der Waals surface area contributed by atoms with Crippen LogP contribution in [0.25, 0.3) is 5.76 Å². The van der Waals surface area contributed by atoms with Crippen LogP contribution in [-0.4, -0.2) is 55.2 Å². The maximum atomic E-state index is 13.2. The van der Waals surface area contributed by atoms with Crippen molar-refractivity contribution in [3.63, 3.8) is 0 Å². The Hall–Kier alpha value is -3.32. The maximum Gasteiger partial charge on any atom is 0.295 e. The van der Waals surface area contributed by atoms with E-state index in [2.05, 4.69) is 13.8 Å². The lowest BCUT2D eigenvalue weighted by molar-refractivity contribution is -0.140. The second-order valence-electron chi connectivity index (χ2n) is 9.09. The van der Waals surface area contributed by atoms with Crippen molar-refractivity contribution in [2.75, 3.05) is 33.5 Å². The summed E-state index contributed by atoms with van der Waals surface area (Å²) in [5.41, 5.74) is 2.01. The molecule has 0 aromatic heterocycles. The molecule has 1 aliphatic rings. The number of amides is 1. The number of hydrogen-bond acceptors (Lipinski definition) is 6. The molecule has 2 aromatic rings. The molecule has 1 atom stereocenters. The van der Waals surface area contributed by atoms with Crippen LogP contribution in [0.2, 0.25) is 0 Å². The van der Waals surface area contributed by atoms with Crippen LogP contribution < -0.4 is 9.47 Å². The van der Waals surface area contributed by atoms with Crippen LogP contribution in [0.5, 0.6) is 11.5 Å². The smallest absolute Gasteiger partial charge is 0.295 e. The van der Waals surface area contributed by atoms with Gasteiger partial charge in [0.25, 0.3) is 11.7 Å². The highest BCUT2D eigenvalue weighted by Gasteiger charge is 2.46. The van der Waals surface area contributed by atoms with E-state index in [0.717, 1.165) is 12.0 Å². The lowest BCUT2D eigenvalue weighted by atomic mass is 9.94. The molecule has 1 amide bonds. The molecule has 7 nitrogen and oxygen atoms in total. The predicted molar refractivity (Wildman–Crippen MR) is 135 cm³/mol. The molecular weight excluding hydrogens is 446 g/mol. The molecule has 1 N–H and O–H groups in total. The molecule has 3 rings (SSSR count). The third-order valence-corrected chi connectivity index (χ3v) is 5.74. The third-order valence-electron chi connectivity index (χ3n) is 5.74. The molecule has 2 aromatic carbocycles. The standard InChI is InChI=1S/C28H35NO6/c1-6-13-34-22-9-7-8-20(16-22)25-24(27(31)28(32)29(25)12-14-33-5)26(30)21-10-11-23(19(4)15-21)35-17-18(2)3/h7-11,15-16,18,25,30H,6,12-14,17H2,1-5H3/b26-24+. The van der Waals surface area contributed by atoms with Crippen molar-refractivity contribution >= 4 is 17.4 Å². The molecule has 1 unspecified atom stereocenters. The number of carbonyl (C=O) groups is 2. The summed E-state index contributed by atoms with van der Waals surface area (Å²) in [5.74, 6) is 0.134. The Morgan fingerprint density at radius 2 is 1.86 bits per heavy atom. The molecule has 0 bridgehead atoms. The predicted octanol–water partition coefficient (Wildman–Crippen LogP) is 4.89. The largest absolute Gasteiger partial charge is 0.507 e. The van der Waals surface area contributed by atoms with Gasteiger partial charge in [0.2, 0.25) is 0 Å². The van der Waals surface area contributed by atoms with Gasteiger partial charge >= 0.3 is 0 Å². The van der Waals surface area contributed by atoms with Crippen LogP contribution in [0.1, 0.15) is 49.9 Å². The summed E-state index contributed by atoms with van der Waals surface area (Å²) in [6.45, 7) is 9.65. The van der Waals surface area contributed by atoms with E-state index in [1.807, 2.05) is 38.1 Å². The minimum atomic E-state index is -0.757. The number of aryl methyl sites for hydroxylation is 1. The second-order valence-corrected chi connectivity index (χ2v) is 9.09. The zero-order valence-corrected chi connectivity index (χ0v) is 21.2. The van der Waals surface area contributed by atoms with Crippen molar-refractivity contribution in [3.05, 3.63) is 64.7 Å². The van der Waals surface area contributed by atoms with Crippen LogP contribution in [-0.2, 0) is 14.3 Å². The highest BCUT2D eigenvalue weighted by atomic mass is 16.5. The zero-order chi connectivity index (χ0) is 25.5. The highest BCUT2D eigenvalue weighted by molar-refractivity contribution is 6.46. The Labute approximate surface area is 207 Å². The number of Topliss-reactive ketones (excluding diaryl/α,β-unsaturated/α-hetero) is 1. The number of methoxy groups -OCH3 is 1. The van der Waals surface area contributed by atoms with Crippen LogP contribution in [0.4, 0.5) is 0 Å². The van der Waals surface area contributed by atoms with E-state index in [0.29, 0.717) is 41.8 Å². The van der Waals surface area contributed by atoms with Gasteiger partial charge in [-0.1, -0.05) is 32.9 Å². The minimum Gasteiger partial charge on any atom is -0.507 e. The monoisotopic (exact) mass is 481 g/mol. The first-order chi connectivity index (χ1) is 16.8. The molecule has 1 saturated heterocycles. The lowest BCUT2D eigenvalue weighted by Crippen LogP contribution is -2.32. The van der Waals surface area contributed by atoms with Crippen molar-refractivity contribution in [2.45, 2.75) is 40.2 Å². The lowest BCUT2D eigenvalue weighted by Gasteiger charge is -2.25. The Bertz CT molecular complexity index is 1090. The number of carbonyl (C=O) groups excluding carboxylic acids is 2. The fourth-order valence-electron chi connectivity index (χ4n) is 4.01. The van der Waals surface area contributed by atoms with Crippen molar-refractivity contribution < 1.29 is 28.9 Å². The third kappa shape index (κ3) is 6.03.